The van der Waals surface area contributed by atoms with Gasteiger partial charge in [-0.25, -0.2) is 8.42 Å². The van der Waals surface area contributed by atoms with Gasteiger partial charge in [0.15, 0.2) is 0 Å². The van der Waals surface area contributed by atoms with Crippen molar-refractivity contribution in [3.63, 3.8) is 0 Å². The van der Waals surface area contributed by atoms with E-state index in [0.29, 0.717) is 5.56 Å². The number of benzene rings is 4. The average molecular weight is 595 g/mol. The molecular formula is C28H20K2O6S2. The third kappa shape index (κ3) is 10.6. The molecule has 0 amide bonds. The Labute approximate surface area is 311 Å². The van der Waals surface area contributed by atoms with Crippen LogP contribution in [0.3, 0.4) is 0 Å². The maximum Gasteiger partial charge on any atom is 1.00 e. The standard InChI is InChI=1S/C28H22O6S2.2K/c29-33-34-35-27-5-1-3-23(19-27)9-7-21-11-15-25(16-12-21)26-17-13-22(14-18-26)8-10-24-4-2-6-28(20-24)36(30,31)32;;/h1-20,29H,(H,30,31,32);;/q;2*+1/p-2/b9-7+,10-8+;;. The van der Waals surface area contributed by atoms with Gasteiger partial charge in [0.1, 0.15) is 10.1 Å². The number of hydrogen-bond donors (Lipinski definition) is 0. The second kappa shape index (κ2) is 16.9. The zero-order chi connectivity index (χ0) is 25.4. The quantitative estimate of drug-likeness (QED) is 0.0663. The van der Waals surface area contributed by atoms with Gasteiger partial charge in [0, 0.05) is 4.90 Å². The first-order chi connectivity index (χ1) is 17.4. The maximum absolute atomic E-state index is 11.2. The van der Waals surface area contributed by atoms with E-state index in [4.69, 9.17) is 0 Å². The Morgan fingerprint density at radius 3 is 1.61 bits per heavy atom. The van der Waals surface area contributed by atoms with Gasteiger partial charge in [-0.1, -0.05) is 97.1 Å². The maximum atomic E-state index is 11.2. The number of rotatable bonds is 9. The van der Waals surface area contributed by atoms with Crippen molar-refractivity contribution in [2.45, 2.75) is 9.79 Å². The molecule has 0 bridgehead atoms. The van der Waals surface area contributed by atoms with Gasteiger partial charge in [-0.05, 0) is 57.6 Å². The molecule has 0 atom stereocenters. The predicted molar refractivity (Wildman–Crippen MR) is 139 cm³/mol. The van der Waals surface area contributed by atoms with E-state index in [1.807, 2.05) is 91.0 Å². The van der Waals surface area contributed by atoms with Gasteiger partial charge in [0.2, 0.25) is 0 Å². The molecule has 0 heterocycles. The Morgan fingerprint density at radius 2 is 1.11 bits per heavy atom. The molecular weight excluding hydrogens is 575 g/mol. The summed E-state index contributed by atoms with van der Waals surface area (Å²) in [6, 6.07) is 29.6. The van der Waals surface area contributed by atoms with Crippen molar-refractivity contribution in [2.24, 2.45) is 0 Å². The first-order valence-corrected chi connectivity index (χ1v) is 12.9. The Hall–Kier alpha value is -0.227. The molecule has 0 saturated heterocycles. The Morgan fingerprint density at radius 1 is 0.632 bits per heavy atom. The molecule has 0 radical (unpaired) electrons. The first-order valence-electron chi connectivity index (χ1n) is 10.8. The third-order valence-electron chi connectivity index (χ3n) is 5.25. The molecule has 38 heavy (non-hydrogen) atoms. The van der Waals surface area contributed by atoms with Crippen molar-refractivity contribution in [3.05, 3.63) is 119 Å². The van der Waals surface area contributed by atoms with Crippen molar-refractivity contribution in [1.82, 2.24) is 0 Å². The van der Waals surface area contributed by atoms with Crippen LogP contribution in [0.15, 0.2) is 107 Å². The van der Waals surface area contributed by atoms with Gasteiger partial charge >= 0.3 is 103 Å². The second-order valence-corrected chi connectivity index (χ2v) is 9.88. The van der Waals surface area contributed by atoms with Crippen LogP contribution in [-0.4, -0.2) is 13.0 Å². The summed E-state index contributed by atoms with van der Waals surface area (Å²) in [5.41, 5.74) is 5.72. The molecule has 0 aromatic heterocycles. The SMILES string of the molecule is O=S(=O)([O-])c1cccc(/C=C/c2ccc(-c3ccc(/C=C/c4cccc(SOO[O-])c4)cc3)cc2)c1.[K+].[K+]. The van der Waals surface area contributed by atoms with Gasteiger partial charge < -0.3 is 9.81 Å². The van der Waals surface area contributed by atoms with Crippen LogP contribution in [0.2, 0.25) is 0 Å². The van der Waals surface area contributed by atoms with Gasteiger partial charge in [-0.3, -0.25) is 5.04 Å². The molecule has 4 rings (SSSR count). The molecule has 0 unspecified atom stereocenters. The van der Waals surface area contributed by atoms with Crippen LogP contribution in [0.5, 0.6) is 0 Å². The molecule has 0 spiro atoms. The average Bonchev–Trinajstić information content (AvgIpc) is 2.90. The minimum Gasteiger partial charge on any atom is -0.744 e. The first kappa shape index (κ1) is 34.0. The zero-order valence-electron chi connectivity index (χ0n) is 20.8. The van der Waals surface area contributed by atoms with E-state index in [-0.39, 0.29) is 108 Å². The van der Waals surface area contributed by atoms with Crippen LogP contribution < -0.4 is 108 Å². The van der Waals surface area contributed by atoms with E-state index in [2.05, 4.69) is 9.37 Å². The fraction of sp³-hybridized carbons (Fsp3) is 0. The molecule has 10 heteroatoms. The molecule has 0 aliphatic carbocycles. The third-order valence-corrected chi connectivity index (χ3v) is 6.66. The summed E-state index contributed by atoms with van der Waals surface area (Å²) in [6.07, 6.45) is 7.60. The van der Waals surface area contributed by atoms with Crippen LogP contribution in [0.1, 0.15) is 22.3 Å². The monoisotopic (exact) mass is 594 g/mol. The van der Waals surface area contributed by atoms with Gasteiger partial charge in [-0.2, -0.15) is 4.33 Å². The van der Waals surface area contributed by atoms with Crippen molar-refractivity contribution in [3.8, 4) is 11.1 Å². The summed E-state index contributed by atoms with van der Waals surface area (Å²) < 4.78 is 37.9. The van der Waals surface area contributed by atoms with E-state index in [1.165, 1.54) is 12.1 Å². The Kier molecular flexibility index (Phi) is 15.1. The van der Waals surface area contributed by atoms with E-state index in [1.54, 1.807) is 18.2 Å². The van der Waals surface area contributed by atoms with E-state index in [9.17, 15) is 18.2 Å². The minimum absolute atomic E-state index is 0. The molecule has 0 aliphatic rings. The van der Waals surface area contributed by atoms with Gasteiger partial charge in [0.25, 0.3) is 0 Å². The Bertz CT molecular complexity index is 1490. The summed E-state index contributed by atoms with van der Waals surface area (Å²) in [6.45, 7) is 0. The zero-order valence-corrected chi connectivity index (χ0v) is 28.7. The van der Waals surface area contributed by atoms with Crippen LogP contribution in [0.25, 0.3) is 35.4 Å². The minimum atomic E-state index is -4.48. The molecule has 4 aromatic rings. The topological polar surface area (TPSA) is 98.7 Å². The molecule has 4 aromatic carbocycles. The predicted octanol–water partition coefficient (Wildman–Crippen LogP) is -0.163. The summed E-state index contributed by atoms with van der Waals surface area (Å²) in [7, 11) is -4.48. The molecule has 0 aliphatic heterocycles. The normalized spacial score (nSPS) is 11.3. The van der Waals surface area contributed by atoms with Crippen molar-refractivity contribution in [1.29, 1.82) is 0 Å². The summed E-state index contributed by atoms with van der Waals surface area (Å²) in [4.78, 5) is 0.511. The van der Waals surface area contributed by atoms with Crippen molar-refractivity contribution in [2.75, 3.05) is 0 Å². The van der Waals surface area contributed by atoms with Crippen LogP contribution >= 0.6 is 12.0 Å². The summed E-state index contributed by atoms with van der Waals surface area (Å²) in [5, 5.41) is 13.4. The van der Waals surface area contributed by atoms with Crippen LogP contribution in [-0.2, 0) is 19.5 Å². The molecule has 0 fully saturated rings. The van der Waals surface area contributed by atoms with Crippen LogP contribution in [0.4, 0.5) is 0 Å². The fourth-order valence-electron chi connectivity index (χ4n) is 3.46. The van der Waals surface area contributed by atoms with E-state index < -0.39 is 10.1 Å². The van der Waals surface area contributed by atoms with Gasteiger partial charge in [-0.15, -0.1) is 0 Å². The second-order valence-electron chi connectivity index (χ2n) is 7.73. The smallest absolute Gasteiger partial charge is 0.744 e. The molecule has 182 valence electrons. The summed E-state index contributed by atoms with van der Waals surface area (Å²) >= 11 is 0.854. The molecule has 0 saturated carbocycles. The van der Waals surface area contributed by atoms with Crippen LogP contribution in [0, 0.1) is 0 Å². The fourth-order valence-corrected chi connectivity index (χ4v) is 4.41. The molecule has 0 N–H and O–H groups in total. The van der Waals surface area contributed by atoms with Crippen molar-refractivity contribution >= 4 is 46.5 Å². The Balaban J connectivity index is 0.00000253. The van der Waals surface area contributed by atoms with Gasteiger partial charge in [0.05, 0.1) is 16.9 Å². The van der Waals surface area contributed by atoms with E-state index in [0.717, 1.165) is 44.8 Å². The molecule has 6 nitrogen and oxygen atoms in total. The summed E-state index contributed by atoms with van der Waals surface area (Å²) in [5.74, 6) is 0. The van der Waals surface area contributed by atoms with E-state index >= 15 is 0 Å². The largest absolute Gasteiger partial charge is 1.00 e. The van der Waals surface area contributed by atoms with Crippen molar-refractivity contribution < 1.29 is 130 Å². The number of hydrogen-bond acceptors (Lipinski definition) is 7.